The molecule has 2 saturated heterocycles. The van der Waals surface area contributed by atoms with Crippen molar-refractivity contribution in [1.82, 2.24) is 20.3 Å². The van der Waals surface area contributed by atoms with Crippen LogP contribution in [0.15, 0.2) is 61.1 Å². The van der Waals surface area contributed by atoms with Gasteiger partial charge in [0.15, 0.2) is 0 Å². The maximum Gasteiger partial charge on any atom is 0.226 e. The van der Waals surface area contributed by atoms with E-state index in [4.69, 9.17) is 4.74 Å². The number of nitrogens with one attached hydrogen (secondary N) is 1. The summed E-state index contributed by atoms with van der Waals surface area (Å²) in [5.74, 6) is 1.84. The normalized spacial score (nSPS) is 16.5. The van der Waals surface area contributed by atoms with Gasteiger partial charge in [0, 0.05) is 50.6 Å². The molecule has 1 aromatic carbocycles. The number of nitrogens with zero attached hydrogens (tertiary/aromatic N) is 5. The zero-order valence-corrected chi connectivity index (χ0v) is 17.9. The molecule has 4 heterocycles. The van der Waals surface area contributed by atoms with Gasteiger partial charge in [0.2, 0.25) is 5.91 Å². The Bertz CT molecular complexity index is 1050. The van der Waals surface area contributed by atoms with Crippen molar-refractivity contribution in [3.63, 3.8) is 0 Å². The number of pyridine rings is 1. The van der Waals surface area contributed by atoms with E-state index in [9.17, 15) is 4.79 Å². The first-order chi connectivity index (χ1) is 15.8. The van der Waals surface area contributed by atoms with Crippen molar-refractivity contribution in [3.8, 4) is 11.3 Å². The molecule has 2 fully saturated rings. The third-order valence-corrected chi connectivity index (χ3v) is 5.91. The highest BCUT2D eigenvalue weighted by molar-refractivity contribution is 5.82. The molecule has 8 heteroatoms. The van der Waals surface area contributed by atoms with E-state index in [0.717, 1.165) is 54.8 Å². The van der Waals surface area contributed by atoms with E-state index in [1.807, 2.05) is 54.7 Å². The van der Waals surface area contributed by atoms with Crippen LogP contribution >= 0.6 is 0 Å². The number of aromatic nitrogens is 3. The summed E-state index contributed by atoms with van der Waals surface area (Å²) < 4.78 is 5.38. The summed E-state index contributed by atoms with van der Waals surface area (Å²) in [4.78, 5) is 30.2. The monoisotopic (exact) mass is 430 g/mol. The largest absolute Gasteiger partial charge is 0.378 e. The van der Waals surface area contributed by atoms with E-state index in [1.165, 1.54) is 0 Å². The van der Waals surface area contributed by atoms with Gasteiger partial charge in [-0.25, -0.2) is 15.0 Å². The molecule has 5 rings (SSSR count). The third-order valence-electron chi connectivity index (χ3n) is 5.91. The Morgan fingerprint density at radius 2 is 1.78 bits per heavy atom. The fourth-order valence-electron chi connectivity index (χ4n) is 3.95. The van der Waals surface area contributed by atoms with Crippen molar-refractivity contribution in [2.75, 3.05) is 49.2 Å². The van der Waals surface area contributed by atoms with Crippen LogP contribution in [-0.4, -0.2) is 60.3 Å². The predicted octanol–water partition coefficient (Wildman–Crippen LogP) is 2.13. The molecule has 1 amide bonds. The molecule has 164 valence electrons. The number of benzene rings is 1. The highest BCUT2D eigenvalue weighted by Gasteiger charge is 2.33. The first-order valence-electron chi connectivity index (χ1n) is 10.9. The van der Waals surface area contributed by atoms with Gasteiger partial charge in [-0.05, 0) is 11.6 Å². The summed E-state index contributed by atoms with van der Waals surface area (Å²) in [5.41, 5.74) is 2.94. The summed E-state index contributed by atoms with van der Waals surface area (Å²) in [7, 11) is 0. The molecule has 0 unspecified atom stereocenters. The molecule has 2 aromatic heterocycles. The van der Waals surface area contributed by atoms with E-state index in [0.29, 0.717) is 19.6 Å². The second kappa shape index (κ2) is 9.32. The lowest BCUT2D eigenvalue weighted by molar-refractivity contribution is -0.125. The van der Waals surface area contributed by atoms with Crippen LogP contribution in [-0.2, 0) is 16.1 Å². The van der Waals surface area contributed by atoms with Crippen molar-refractivity contribution in [2.24, 2.45) is 5.92 Å². The Morgan fingerprint density at radius 3 is 2.53 bits per heavy atom. The topological polar surface area (TPSA) is 83.5 Å². The van der Waals surface area contributed by atoms with Crippen LogP contribution in [0.1, 0.15) is 5.56 Å². The third kappa shape index (κ3) is 4.55. The smallest absolute Gasteiger partial charge is 0.226 e. The molecule has 0 atom stereocenters. The van der Waals surface area contributed by atoms with Crippen LogP contribution < -0.4 is 15.1 Å². The molecule has 0 radical (unpaired) electrons. The minimum atomic E-state index is -0.0364. The molecular weight excluding hydrogens is 404 g/mol. The molecule has 0 aliphatic carbocycles. The molecule has 8 nitrogen and oxygen atoms in total. The van der Waals surface area contributed by atoms with Crippen LogP contribution in [0.5, 0.6) is 0 Å². The van der Waals surface area contributed by atoms with Crippen LogP contribution in [0, 0.1) is 5.92 Å². The highest BCUT2D eigenvalue weighted by atomic mass is 16.5. The van der Waals surface area contributed by atoms with E-state index in [-0.39, 0.29) is 11.8 Å². The number of hydrogen-bond donors (Lipinski definition) is 1. The quantitative estimate of drug-likeness (QED) is 0.641. The number of carbonyl (C=O) groups excluding carboxylic acids is 1. The number of morpholine rings is 1. The van der Waals surface area contributed by atoms with E-state index >= 15 is 0 Å². The van der Waals surface area contributed by atoms with Gasteiger partial charge in [0.05, 0.1) is 24.8 Å². The molecule has 2 aliphatic rings. The number of anilines is 2. The summed E-state index contributed by atoms with van der Waals surface area (Å²) >= 11 is 0. The lowest BCUT2D eigenvalue weighted by Crippen LogP contribution is -2.54. The standard InChI is InChI=1S/C24H26N6O2/c31-24(26-14-18-6-7-22(25-13-18)29-8-10-32-11-9-29)20-15-30(16-20)23-12-21(27-17-28-23)19-4-2-1-3-5-19/h1-7,12-13,17,20H,8-11,14-16H2,(H,26,31). The Morgan fingerprint density at radius 1 is 0.969 bits per heavy atom. The van der Waals surface area contributed by atoms with Gasteiger partial charge in [-0.3, -0.25) is 4.79 Å². The van der Waals surface area contributed by atoms with E-state index in [2.05, 4.69) is 30.1 Å². The molecule has 0 bridgehead atoms. The highest BCUT2D eigenvalue weighted by Crippen LogP contribution is 2.26. The van der Waals surface area contributed by atoms with Gasteiger partial charge < -0.3 is 19.9 Å². The van der Waals surface area contributed by atoms with Crippen molar-refractivity contribution >= 4 is 17.5 Å². The van der Waals surface area contributed by atoms with Gasteiger partial charge >= 0.3 is 0 Å². The molecule has 0 spiro atoms. The molecular formula is C24H26N6O2. The Kier molecular flexibility index (Phi) is 5.93. The van der Waals surface area contributed by atoms with Gasteiger partial charge in [0.25, 0.3) is 0 Å². The molecule has 3 aromatic rings. The van der Waals surface area contributed by atoms with Crippen molar-refractivity contribution in [1.29, 1.82) is 0 Å². The number of amides is 1. The first-order valence-corrected chi connectivity index (χ1v) is 10.9. The van der Waals surface area contributed by atoms with Gasteiger partial charge in [-0.2, -0.15) is 0 Å². The first kappa shape index (κ1) is 20.4. The average Bonchev–Trinajstić information content (AvgIpc) is 2.83. The minimum absolute atomic E-state index is 0.0364. The lowest BCUT2D eigenvalue weighted by atomic mass is 9.99. The maximum atomic E-state index is 12.6. The Balaban J connectivity index is 1.11. The van der Waals surface area contributed by atoms with Gasteiger partial charge in [-0.15, -0.1) is 0 Å². The zero-order valence-electron chi connectivity index (χ0n) is 17.9. The number of carbonyl (C=O) groups is 1. The summed E-state index contributed by atoms with van der Waals surface area (Å²) in [5, 5.41) is 3.04. The summed E-state index contributed by atoms with van der Waals surface area (Å²) in [6.07, 6.45) is 3.42. The van der Waals surface area contributed by atoms with Crippen molar-refractivity contribution < 1.29 is 9.53 Å². The molecule has 32 heavy (non-hydrogen) atoms. The fourth-order valence-corrected chi connectivity index (χ4v) is 3.95. The molecule has 1 N–H and O–H groups in total. The Labute approximate surface area is 187 Å². The summed E-state index contributed by atoms with van der Waals surface area (Å²) in [6.45, 7) is 5.00. The number of rotatable bonds is 6. The van der Waals surface area contributed by atoms with Crippen LogP contribution in [0.4, 0.5) is 11.6 Å². The maximum absolute atomic E-state index is 12.6. The van der Waals surface area contributed by atoms with Gasteiger partial charge in [0.1, 0.15) is 18.0 Å². The van der Waals surface area contributed by atoms with Crippen LogP contribution in [0.2, 0.25) is 0 Å². The SMILES string of the molecule is O=C(NCc1ccc(N2CCOCC2)nc1)C1CN(c2cc(-c3ccccc3)ncn2)C1. The number of ether oxygens (including phenoxy) is 1. The second-order valence-corrected chi connectivity index (χ2v) is 8.07. The lowest BCUT2D eigenvalue weighted by Gasteiger charge is -2.39. The summed E-state index contributed by atoms with van der Waals surface area (Å²) in [6, 6.07) is 16.0. The Hall–Kier alpha value is -3.52. The van der Waals surface area contributed by atoms with E-state index in [1.54, 1.807) is 6.33 Å². The average molecular weight is 431 g/mol. The van der Waals surface area contributed by atoms with Gasteiger partial charge in [-0.1, -0.05) is 36.4 Å². The van der Waals surface area contributed by atoms with Crippen molar-refractivity contribution in [3.05, 3.63) is 66.6 Å². The molecule has 2 aliphatic heterocycles. The van der Waals surface area contributed by atoms with Crippen LogP contribution in [0.3, 0.4) is 0 Å². The zero-order chi connectivity index (χ0) is 21.8. The number of hydrogen-bond acceptors (Lipinski definition) is 7. The predicted molar refractivity (Wildman–Crippen MR) is 122 cm³/mol. The van der Waals surface area contributed by atoms with Crippen molar-refractivity contribution in [2.45, 2.75) is 6.54 Å². The minimum Gasteiger partial charge on any atom is -0.378 e. The fraction of sp³-hybridized carbons (Fsp3) is 0.333. The van der Waals surface area contributed by atoms with Crippen LogP contribution in [0.25, 0.3) is 11.3 Å². The molecule has 0 saturated carbocycles. The van der Waals surface area contributed by atoms with E-state index < -0.39 is 0 Å². The second-order valence-electron chi connectivity index (χ2n) is 8.07.